The van der Waals surface area contributed by atoms with Gasteiger partial charge in [0, 0.05) is 0 Å². The number of alkyl halides is 1. The van der Waals surface area contributed by atoms with Gasteiger partial charge in [0.05, 0.1) is 6.10 Å². The molecule has 0 aliphatic rings. The Morgan fingerprint density at radius 3 is 2.00 bits per heavy atom. The van der Waals surface area contributed by atoms with Crippen molar-refractivity contribution in [2.24, 2.45) is 0 Å². The van der Waals surface area contributed by atoms with E-state index in [0.717, 1.165) is 0 Å². The number of halogens is 1. The first-order chi connectivity index (χ1) is 5.20. The predicted molar refractivity (Wildman–Crippen MR) is 53.7 cm³/mol. The molecule has 0 rings (SSSR count). The molecular weight excluding hydrogens is 171 g/mol. The predicted octanol–water partition coefficient (Wildman–Crippen LogP) is 3.37. The van der Waals surface area contributed by atoms with Crippen molar-refractivity contribution < 1.29 is 8.82 Å². The Kier molecular flexibility index (Phi) is 3.91. The molecule has 0 spiro atoms. The highest BCUT2D eigenvalue weighted by atomic mass is 28.4. The molecule has 1 unspecified atom stereocenters. The van der Waals surface area contributed by atoms with Crippen LogP contribution in [0.4, 0.5) is 4.39 Å². The fourth-order valence-corrected chi connectivity index (χ4v) is 2.13. The van der Waals surface area contributed by atoms with E-state index in [9.17, 15) is 4.39 Å². The van der Waals surface area contributed by atoms with Gasteiger partial charge in [0.2, 0.25) is 0 Å². The van der Waals surface area contributed by atoms with Crippen molar-refractivity contribution in [3.8, 4) is 0 Å². The van der Waals surface area contributed by atoms with Gasteiger partial charge in [-0.15, -0.1) is 0 Å². The van der Waals surface area contributed by atoms with E-state index in [0.29, 0.717) is 0 Å². The van der Waals surface area contributed by atoms with Crippen molar-refractivity contribution in [3.05, 3.63) is 0 Å². The normalized spacial score (nSPS) is 16.2. The van der Waals surface area contributed by atoms with E-state index in [2.05, 4.69) is 33.9 Å². The Labute approximate surface area is 76.4 Å². The molecule has 0 heterocycles. The Morgan fingerprint density at radius 2 is 1.75 bits per heavy atom. The summed E-state index contributed by atoms with van der Waals surface area (Å²) in [6.07, 6.45) is -0.245. The maximum Gasteiger partial charge on any atom is 0.192 e. The van der Waals surface area contributed by atoms with Crippen molar-refractivity contribution in [1.82, 2.24) is 0 Å². The van der Waals surface area contributed by atoms with E-state index in [1.807, 2.05) is 0 Å². The smallest absolute Gasteiger partial charge is 0.192 e. The summed E-state index contributed by atoms with van der Waals surface area (Å²) >= 11 is 0. The summed E-state index contributed by atoms with van der Waals surface area (Å²) in [4.78, 5) is 0. The Balaban J connectivity index is 4.22. The standard InChI is InChI=1S/C9H21FOSi/c1-8(7-10)11-12(5,6)9(2,3)4/h8H,7H2,1-6H3. The molecule has 1 atom stereocenters. The first kappa shape index (κ1) is 12.1. The molecule has 0 amide bonds. The lowest BCUT2D eigenvalue weighted by Gasteiger charge is -2.37. The average Bonchev–Trinajstić information content (AvgIpc) is 1.84. The van der Waals surface area contributed by atoms with Crippen molar-refractivity contribution in [1.29, 1.82) is 0 Å². The van der Waals surface area contributed by atoms with Crippen LogP contribution in [-0.4, -0.2) is 21.1 Å². The second-order valence-corrected chi connectivity index (χ2v) is 9.60. The molecule has 0 aliphatic heterocycles. The Hall–Kier alpha value is 0.107. The highest BCUT2D eigenvalue weighted by molar-refractivity contribution is 6.74. The zero-order chi connectivity index (χ0) is 9.99. The summed E-state index contributed by atoms with van der Waals surface area (Å²) in [5, 5.41) is 0.177. The molecule has 0 aromatic rings. The molecule has 0 radical (unpaired) electrons. The van der Waals surface area contributed by atoms with Gasteiger partial charge in [-0.25, -0.2) is 4.39 Å². The third-order valence-corrected chi connectivity index (χ3v) is 7.12. The van der Waals surface area contributed by atoms with E-state index in [1.165, 1.54) is 0 Å². The van der Waals surface area contributed by atoms with Crippen LogP contribution in [0.25, 0.3) is 0 Å². The lowest BCUT2D eigenvalue weighted by Crippen LogP contribution is -2.43. The van der Waals surface area contributed by atoms with Gasteiger partial charge in [-0.05, 0) is 25.1 Å². The van der Waals surface area contributed by atoms with Crippen LogP contribution in [0, 0.1) is 0 Å². The van der Waals surface area contributed by atoms with Crippen molar-refractivity contribution >= 4 is 8.32 Å². The molecule has 0 aromatic heterocycles. The minimum atomic E-state index is -1.73. The molecule has 74 valence electrons. The monoisotopic (exact) mass is 192 g/mol. The van der Waals surface area contributed by atoms with Gasteiger partial charge in [0.1, 0.15) is 6.67 Å². The lowest BCUT2D eigenvalue weighted by atomic mass is 10.2. The van der Waals surface area contributed by atoms with Crippen LogP contribution >= 0.6 is 0 Å². The van der Waals surface area contributed by atoms with Crippen molar-refractivity contribution in [3.63, 3.8) is 0 Å². The van der Waals surface area contributed by atoms with Crippen LogP contribution in [0.1, 0.15) is 27.7 Å². The fourth-order valence-electron chi connectivity index (χ4n) is 0.711. The molecule has 0 N–H and O–H groups in total. The molecule has 0 bridgehead atoms. The average molecular weight is 192 g/mol. The molecule has 0 fully saturated rings. The summed E-state index contributed by atoms with van der Waals surface area (Å²) in [5.41, 5.74) is 0. The van der Waals surface area contributed by atoms with Crippen LogP contribution in [0.5, 0.6) is 0 Å². The van der Waals surface area contributed by atoms with Crippen LogP contribution in [0.3, 0.4) is 0 Å². The second-order valence-electron chi connectivity index (χ2n) is 4.84. The van der Waals surface area contributed by atoms with Crippen molar-refractivity contribution in [2.75, 3.05) is 6.67 Å². The molecule has 1 nitrogen and oxygen atoms in total. The third-order valence-electron chi connectivity index (χ3n) is 2.52. The van der Waals surface area contributed by atoms with Crippen LogP contribution in [0.2, 0.25) is 18.1 Å². The summed E-state index contributed by atoms with van der Waals surface area (Å²) in [5.74, 6) is 0. The molecule has 3 heteroatoms. The highest BCUT2D eigenvalue weighted by Gasteiger charge is 2.38. The Bertz CT molecular complexity index is 140. The van der Waals surface area contributed by atoms with E-state index < -0.39 is 8.32 Å². The molecular formula is C9H21FOSi. The summed E-state index contributed by atoms with van der Waals surface area (Å²) in [7, 11) is -1.73. The minimum Gasteiger partial charge on any atom is -0.412 e. The minimum absolute atomic E-state index is 0.177. The number of hydrogen-bond donors (Lipinski definition) is 0. The third kappa shape index (κ3) is 3.23. The van der Waals surface area contributed by atoms with Crippen LogP contribution < -0.4 is 0 Å². The number of hydrogen-bond acceptors (Lipinski definition) is 1. The van der Waals surface area contributed by atoms with Gasteiger partial charge < -0.3 is 4.43 Å². The second kappa shape index (κ2) is 3.88. The summed E-state index contributed by atoms with van der Waals surface area (Å²) in [6, 6.07) is 0. The highest BCUT2D eigenvalue weighted by Crippen LogP contribution is 2.37. The number of rotatable bonds is 3. The topological polar surface area (TPSA) is 9.23 Å². The van der Waals surface area contributed by atoms with Gasteiger partial charge >= 0.3 is 0 Å². The molecule has 0 aromatic carbocycles. The Morgan fingerprint density at radius 1 is 1.33 bits per heavy atom. The molecule has 12 heavy (non-hydrogen) atoms. The quantitative estimate of drug-likeness (QED) is 0.623. The van der Waals surface area contributed by atoms with E-state index in [-0.39, 0.29) is 17.8 Å². The van der Waals surface area contributed by atoms with E-state index in [1.54, 1.807) is 6.92 Å². The zero-order valence-corrected chi connectivity index (χ0v) is 10.1. The molecule has 0 saturated heterocycles. The van der Waals surface area contributed by atoms with E-state index >= 15 is 0 Å². The first-order valence-corrected chi connectivity index (χ1v) is 7.35. The lowest BCUT2D eigenvalue weighted by molar-refractivity contribution is 0.164. The molecule has 0 saturated carbocycles. The molecule has 0 aliphatic carbocycles. The van der Waals surface area contributed by atoms with Gasteiger partial charge in [-0.2, -0.15) is 0 Å². The fraction of sp³-hybridized carbons (Fsp3) is 1.00. The van der Waals surface area contributed by atoms with Crippen LogP contribution in [-0.2, 0) is 4.43 Å². The zero-order valence-electron chi connectivity index (χ0n) is 9.07. The summed E-state index contributed by atoms with van der Waals surface area (Å²) in [6.45, 7) is 12.2. The maximum atomic E-state index is 12.2. The van der Waals surface area contributed by atoms with E-state index in [4.69, 9.17) is 4.43 Å². The van der Waals surface area contributed by atoms with Gasteiger partial charge in [-0.1, -0.05) is 20.8 Å². The first-order valence-electron chi connectivity index (χ1n) is 4.44. The summed E-state index contributed by atoms with van der Waals surface area (Å²) < 4.78 is 17.9. The van der Waals surface area contributed by atoms with Gasteiger partial charge in [0.15, 0.2) is 8.32 Å². The maximum absolute atomic E-state index is 12.2. The largest absolute Gasteiger partial charge is 0.412 e. The SMILES string of the molecule is CC(CF)O[Si](C)(C)C(C)(C)C. The van der Waals surface area contributed by atoms with Crippen molar-refractivity contribution in [2.45, 2.75) is 51.9 Å². The van der Waals surface area contributed by atoms with Crippen LogP contribution in [0.15, 0.2) is 0 Å². The van der Waals surface area contributed by atoms with Gasteiger partial charge in [0.25, 0.3) is 0 Å². The van der Waals surface area contributed by atoms with Gasteiger partial charge in [-0.3, -0.25) is 0 Å².